The molecular formula is C65H44N6. The predicted octanol–water partition coefficient (Wildman–Crippen LogP) is 16.4. The third-order valence-corrected chi connectivity index (χ3v) is 14.4. The van der Waals surface area contributed by atoms with Crippen molar-refractivity contribution in [3.8, 4) is 62.4 Å². The van der Waals surface area contributed by atoms with E-state index in [4.69, 9.17) is 15.0 Å². The molecular weight excluding hydrogens is 865 g/mol. The fourth-order valence-electron chi connectivity index (χ4n) is 11.1. The highest BCUT2D eigenvalue weighted by Crippen LogP contribution is 2.38. The van der Waals surface area contributed by atoms with Gasteiger partial charge in [0.05, 0.1) is 33.1 Å². The number of hydrogen-bond donors (Lipinski definition) is 0. The molecule has 0 spiro atoms. The lowest BCUT2D eigenvalue weighted by Gasteiger charge is -2.15. The van der Waals surface area contributed by atoms with E-state index in [1.54, 1.807) is 0 Å². The molecule has 4 aromatic heterocycles. The molecule has 4 heterocycles. The molecule has 0 saturated heterocycles. The van der Waals surface area contributed by atoms with Crippen LogP contribution in [0.4, 0.5) is 0 Å². The number of aromatic nitrogens is 6. The molecule has 0 aliphatic heterocycles. The van der Waals surface area contributed by atoms with Gasteiger partial charge in [-0.2, -0.15) is 0 Å². The van der Waals surface area contributed by atoms with Crippen molar-refractivity contribution in [2.75, 3.05) is 0 Å². The summed E-state index contributed by atoms with van der Waals surface area (Å²) in [5.41, 5.74) is 17.9. The number of aryl methyl sites for hydroxylation is 2. The largest absolute Gasteiger partial charge is 0.309 e. The van der Waals surface area contributed by atoms with E-state index in [-0.39, 0.29) is 0 Å². The van der Waals surface area contributed by atoms with Crippen LogP contribution in [0.25, 0.3) is 128 Å². The Balaban J connectivity index is 0.863. The summed E-state index contributed by atoms with van der Waals surface area (Å²) >= 11 is 0. The van der Waals surface area contributed by atoms with Gasteiger partial charge in [-0.3, -0.25) is 0 Å². The molecule has 334 valence electrons. The molecule has 71 heavy (non-hydrogen) atoms. The highest BCUT2D eigenvalue weighted by Gasteiger charge is 2.19. The van der Waals surface area contributed by atoms with Gasteiger partial charge in [-0.1, -0.05) is 127 Å². The zero-order valence-electron chi connectivity index (χ0n) is 39.1. The first-order valence-electron chi connectivity index (χ1n) is 24.2. The third-order valence-electron chi connectivity index (χ3n) is 14.4. The maximum Gasteiger partial charge on any atom is 0.164 e. The highest BCUT2D eigenvalue weighted by molar-refractivity contribution is 6.11. The fraction of sp³-hybridized carbons (Fsp3) is 0.0308. The first-order chi connectivity index (χ1) is 35.0. The van der Waals surface area contributed by atoms with Crippen LogP contribution in [0.3, 0.4) is 0 Å². The topological polar surface area (TPSA) is 53.5 Å². The van der Waals surface area contributed by atoms with Crippen LogP contribution in [-0.4, -0.2) is 28.7 Å². The van der Waals surface area contributed by atoms with Crippen molar-refractivity contribution < 1.29 is 0 Å². The summed E-state index contributed by atoms with van der Waals surface area (Å²) in [6.45, 7) is 4.40. The SMILES string of the molecule is Cc1cc(-c2nc(-c3ccc(-n4c5ccccc5c5ccccc54)cc3)nc(-c3ccc(-n4c5ccccc5c5ccccc54)cc3)n2)ccc1-c1ccc(-n2c3ccccc3c3ccccc32)cc1C. The number of rotatable bonds is 7. The standard InChI is InChI=1S/C65H44N6/c1-41-39-45(31-37-49(41)50-38-36-48(40-42(50)2)71-61-25-13-7-19-55(61)56-20-8-14-26-62(56)71)65-67-63(43-27-32-46(33-28-43)69-57-21-9-3-15-51(57)52-16-4-10-22-58(52)69)66-64(68-65)44-29-34-47(35-30-44)70-59-23-11-5-17-53(59)54-18-6-12-24-60(54)70/h3-40H,1-2H3. The first kappa shape index (κ1) is 40.7. The summed E-state index contributed by atoms with van der Waals surface area (Å²) in [4.78, 5) is 15.7. The van der Waals surface area contributed by atoms with E-state index < -0.39 is 0 Å². The van der Waals surface area contributed by atoms with Crippen molar-refractivity contribution in [1.29, 1.82) is 0 Å². The molecule has 14 rings (SSSR count). The van der Waals surface area contributed by atoms with Crippen molar-refractivity contribution in [3.63, 3.8) is 0 Å². The van der Waals surface area contributed by atoms with Gasteiger partial charge in [-0.15, -0.1) is 0 Å². The smallest absolute Gasteiger partial charge is 0.164 e. The normalized spacial score (nSPS) is 11.8. The molecule has 0 saturated carbocycles. The Hall–Kier alpha value is -9.39. The summed E-state index contributed by atoms with van der Waals surface area (Å²) in [6.07, 6.45) is 0. The number of hydrogen-bond acceptors (Lipinski definition) is 3. The molecule has 14 aromatic rings. The minimum absolute atomic E-state index is 0.614. The molecule has 0 atom stereocenters. The molecule has 6 heteroatoms. The fourth-order valence-corrected chi connectivity index (χ4v) is 11.1. The van der Waals surface area contributed by atoms with Gasteiger partial charge in [0.1, 0.15) is 0 Å². The van der Waals surface area contributed by atoms with Crippen molar-refractivity contribution in [1.82, 2.24) is 28.7 Å². The molecule has 0 fully saturated rings. The second kappa shape index (κ2) is 16.1. The molecule has 6 nitrogen and oxygen atoms in total. The Morgan fingerprint density at radius 2 is 0.521 bits per heavy atom. The number of benzene rings is 10. The summed E-state index contributed by atoms with van der Waals surface area (Å²) in [6, 6.07) is 82.4. The lowest BCUT2D eigenvalue weighted by Crippen LogP contribution is -2.01. The number of nitrogens with zero attached hydrogens (tertiary/aromatic N) is 6. The van der Waals surface area contributed by atoms with Crippen LogP contribution < -0.4 is 0 Å². The first-order valence-corrected chi connectivity index (χ1v) is 24.2. The van der Waals surface area contributed by atoms with Gasteiger partial charge >= 0.3 is 0 Å². The molecule has 0 radical (unpaired) electrons. The zero-order valence-corrected chi connectivity index (χ0v) is 39.1. The number of fused-ring (bicyclic) bond motifs is 9. The molecule has 0 amide bonds. The lowest BCUT2D eigenvalue weighted by atomic mass is 9.94. The van der Waals surface area contributed by atoms with Gasteiger partial charge in [0.25, 0.3) is 0 Å². The Kier molecular flexibility index (Phi) is 9.23. The average molecular weight is 909 g/mol. The van der Waals surface area contributed by atoms with E-state index in [1.165, 1.54) is 82.1 Å². The second-order valence-corrected chi connectivity index (χ2v) is 18.5. The molecule has 10 aromatic carbocycles. The van der Waals surface area contributed by atoms with Gasteiger partial charge in [-0.25, -0.2) is 15.0 Å². The van der Waals surface area contributed by atoms with Crippen molar-refractivity contribution in [2.24, 2.45) is 0 Å². The quantitative estimate of drug-likeness (QED) is 0.160. The van der Waals surface area contributed by atoms with Crippen LogP contribution in [0, 0.1) is 13.8 Å². The van der Waals surface area contributed by atoms with E-state index in [9.17, 15) is 0 Å². The Labute approximate surface area is 410 Å². The summed E-state index contributed by atoms with van der Waals surface area (Å²) in [5.74, 6) is 1.85. The van der Waals surface area contributed by atoms with E-state index in [1.807, 2.05) is 0 Å². The van der Waals surface area contributed by atoms with Crippen LogP contribution in [0.2, 0.25) is 0 Å². The minimum Gasteiger partial charge on any atom is -0.309 e. The molecule has 0 unspecified atom stereocenters. The van der Waals surface area contributed by atoms with Crippen LogP contribution in [0.15, 0.2) is 231 Å². The second-order valence-electron chi connectivity index (χ2n) is 18.5. The Morgan fingerprint density at radius 1 is 0.254 bits per heavy atom. The maximum absolute atomic E-state index is 5.23. The zero-order chi connectivity index (χ0) is 47.2. The molecule has 0 aliphatic rings. The highest BCUT2D eigenvalue weighted by atomic mass is 15.0. The lowest BCUT2D eigenvalue weighted by molar-refractivity contribution is 1.07. The van der Waals surface area contributed by atoms with E-state index in [2.05, 4.69) is 258 Å². The summed E-state index contributed by atoms with van der Waals surface area (Å²) in [5, 5.41) is 7.45. The van der Waals surface area contributed by atoms with Gasteiger partial charge in [-0.05, 0) is 139 Å². The van der Waals surface area contributed by atoms with E-state index in [0.29, 0.717) is 17.5 Å². The van der Waals surface area contributed by atoms with Gasteiger partial charge in [0.15, 0.2) is 17.5 Å². The molecule has 0 N–H and O–H groups in total. The molecule has 0 bridgehead atoms. The van der Waals surface area contributed by atoms with E-state index in [0.717, 1.165) is 39.3 Å². The maximum atomic E-state index is 5.23. The van der Waals surface area contributed by atoms with Crippen molar-refractivity contribution >= 4 is 65.4 Å². The Bertz CT molecular complexity index is 4080. The monoisotopic (exact) mass is 908 g/mol. The van der Waals surface area contributed by atoms with Crippen LogP contribution in [-0.2, 0) is 0 Å². The van der Waals surface area contributed by atoms with Crippen LogP contribution in [0.5, 0.6) is 0 Å². The van der Waals surface area contributed by atoms with Crippen LogP contribution in [0.1, 0.15) is 11.1 Å². The van der Waals surface area contributed by atoms with Gasteiger partial charge in [0, 0.05) is 66.1 Å². The Morgan fingerprint density at radius 3 is 0.859 bits per heavy atom. The predicted molar refractivity (Wildman–Crippen MR) is 294 cm³/mol. The van der Waals surface area contributed by atoms with Crippen molar-refractivity contribution in [2.45, 2.75) is 13.8 Å². The van der Waals surface area contributed by atoms with Crippen LogP contribution >= 0.6 is 0 Å². The van der Waals surface area contributed by atoms with Gasteiger partial charge < -0.3 is 13.7 Å². The summed E-state index contributed by atoms with van der Waals surface area (Å²) in [7, 11) is 0. The molecule has 0 aliphatic carbocycles. The van der Waals surface area contributed by atoms with E-state index >= 15 is 0 Å². The summed E-state index contributed by atoms with van der Waals surface area (Å²) < 4.78 is 7.05. The average Bonchev–Trinajstić information content (AvgIpc) is 4.07. The minimum atomic E-state index is 0.614. The third kappa shape index (κ3) is 6.53. The van der Waals surface area contributed by atoms with Crippen molar-refractivity contribution in [3.05, 3.63) is 242 Å². The van der Waals surface area contributed by atoms with Gasteiger partial charge in [0.2, 0.25) is 0 Å². The number of para-hydroxylation sites is 6.